The minimum atomic E-state index is -0.342. The molecule has 2 rings (SSSR count). The van der Waals surface area contributed by atoms with Crippen LogP contribution in [0.2, 0.25) is 0 Å². The largest absolute Gasteiger partial charge is 0.341 e. The molecule has 104 valence electrons. The Morgan fingerprint density at radius 2 is 2.22 bits per heavy atom. The number of carbonyl (C=O) groups is 1. The van der Waals surface area contributed by atoms with Crippen LogP contribution in [0.15, 0.2) is 0 Å². The van der Waals surface area contributed by atoms with Crippen molar-refractivity contribution in [3.05, 3.63) is 0 Å². The van der Waals surface area contributed by atoms with Crippen molar-refractivity contribution in [2.24, 2.45) is 23.0 Å². The number of nitrogens with two attached hydrogens (primary N) is 1. The molecule has 1 aliphatic heterocycles. The summed E-state index contributed by atoms with van der Waals surface area (Å²) in [5.41, 5.74) is 6.32. The molecule has 0 aromatic rings. The molecule has 2 fully saturated rings. The molecule has 0 radical (unpaired) electrons. The monoisotopic (exact) mass is 272 g/mol. The number of amides is 1. The van der Waals surface area contributed by atoms with Crippen LogP contribution in [0.4, 0.5) is 0 Å². The fourth-order valence-electron chi connectivity index (χ4n) is 3.45. The topological polar surface area (TPSA) is 46.3 Å². The van der Waals surface area contributed by atoms with Gasteiger partial charge in [-0.05, 0) is 42.9 Å². The first-order chi connectivity index (χ1) is 8.47. The van der Waals surface area contributed by atoms with Gasteiger partial charge in [0.25, 0.3) is 0 Å². The third kappa shape index (κ3) is 2.67. The van der Waals surface area contributed by atoms with E-state index in [-0.39, 0.29) is 17.9 Å². The number of carbonyl (C=O) groups excluding carboxylic acids is 1. The Hall–Kier alpha value is -0.280. The second-order valence-electron chi connectivity index (χ2n) is 6.54. The molecule has 1 heterocycles. The summed E-state index contributed by atoms with van der Waals surface area (Å²) in [7, 11) is 0. The summed E-state index contributed by atoms with van der Waals surface area (Å²) in [4.78, 5) is 14.2. The average molecular weight is 273 g/mol. The van der Waals surface area contributed by atoms with Gasteiger partial charge in [0.05, 0.1) is 6.04 Å². The van der Waals surface area contributed by atoms with Crippen LogP contribution < -0.4 is 5.73 Å². The normalized spacial score (nSPS) is 33.6. The van der Waals surface area contributed by atoms with Crippen LogP contribution in [0.1, 0.15) is 39.5 Å². The Labute approximate surface area is 115 Å². The van der Waals surface area contributed by atoms with Crippen molar-refractivity contribution in [3.8, 4) is 0 Å². The van der Waals surface area contributed by atoms with Gasteiger partial charge in [0.2, 0.25) is 5.91 Å². The van der Waals surface area contributed by atoms with Gasteiger partial charge < -0.3 is 10.6 Å². The molecular formula is C14H25ClN2O. The van der Waals surface area contributed by atoms with E-state index in [2.05, 4.69) is 0 Å². The molecule has 3 atom stereocenters. The summed E-state index contributed by atoms with van der Waals surface area (Å²) in [5.74, 6) is 1.77. The summed E-state index contributed by atoms with van der Waals surface area (Å²) in [6.07, 6.45) is 4.78. The van der Waals surface area contributed by atoms with Crippen LogP contribution in [0.5, 0.6) is 0 Å². The van der Waals surface area contributed by atoms with E-state index in [1.54, 1.807) is 0 Å². The number of hydrogen-bond acceptors (Lipinski definition) is 2. The number of nitrogens with zero attached hydrogens (tertiary/aromatic N) is 1. The summed E-state index contributed by atoms with van der Waals surface area (Å²) in [6.45, 7) is 5.80. The molecule has 1 spiro atoms. The zero-order valence-electron chi connectivity index (χ0n) is 11.5. The zero-order valence-corrected chi connectivity index (χ0v) is 12.2. The third-order valence-electron chi connectivity index (χ3n) is 4.78. The SMILES string of the molecule is CC(C)[C@H](N)C(=O)N1CC[C@@]2(CC[C@@H](CCl)C2)C1. The molecule has 0 unspecified atom stereocenters. The van der Waals surface area contributed by atoms with Crippen LogP contribution in [0, 0.1) is 17.3 Å². The van der Waals surface area contributed by atoms with Crippen molar-refractivity contribution in [3.63, 3.8) is 0 Å². The number of alkyl halides is 1. The van der Waals surface area contributed by atoms with Crippen molar-refractivity contribution in [2.75, 3.05) is 19.0 Å². The van der Waals surface area contributed by atoms with Crippen LogP contribution in [-0.2, 0) is 4.79 Å². The fraction of sp³-hybridized carbons (Fsp3) is 0.929. The van der Waals surface area contributed by atoms with Crippen molar-refractivity contribution >= 4 is 17.5 Å². The van der Waals surface area contributed by atoms with E-state index in [1.165, 1.54) is 19.3 Å². The zero-order chi connectivity index (χ0) is 13.3. The van der Waals surface area contributed by atoms with E-state index in [4.69, 9.17) is 17.3 Å². The quantitative estimate of drug-likeness (QED) is 0.801. The highest BCUT2D eigenvalue weighted by Crippen LogP contribution is 2.48. The van der Waals surface area contributed by atoms with Crippen molar-refractivity contribution < 1.29 is 4.79 Å². The van der Waals surface area contributed by atoms with Crippen molar-refractivity contribution in [1.82, 2.24) is 4.90 Å². The van der Waals surface area contributed by atoms with E-state index in [1.807, 2.05) is 18.7 Å². The lowest BCUT2D eigenvalue weighted by atomic mass is 9.85. The van der Waals surface area contributed by atoms with Gasteiger partial charge in [0, 0.05) is 19.0 Å². The van der Waals surface area contributed by atoms with Gasteiger partial charge in [0.1, 0.15) is 0 Å². The van der Waals surface area contributed by atoms with Gasteiger partial charge in [-0.2, -0.15) is 0 Å². The third-order valence-corrected chi connectivity index (χ3v) is 5.21. The Bertz CT molecular complexity index is 321. The lowest BCUT2D eigenvalue weighted by Gasteiger charge is -2.26. The molecule has 2 aliphatic rings. The molecular weight excluding hydrogens is 248 g/mol. The molecule has 1 aliphatic carbocycles. The lowest BCUT2D eigenvalue weighted by molar-refractivity contribution is -0.132. The first kappa shape index (κ1) is 14.1. The van der Waals surface area contributed by atoms with E-state index in [0.29, 0.717) is 11.3 Å². The molecule has 4 heteroatoms. The molecule has 2 N–H and O–H groups in total. The maximum absolute atomic E-state index is 12.3. The highest BCUT2D eigenvalue weighted by Gasteiger charge is 2.45. The predicted octanol–water partition coefficient (Wildman–Crippen LogP) is 2.23. The Kier molecular flexibility index (Phi) is 4.22. The minimum absolute atomic E-state index is 0.135. The van der Waals surface area contributed by atoms with Gasteiger partial charge in [0.15, 0.2) is 0 Å². The number of hydrogen-bond donors (Lipinski definition) is 1. The first-order valence-corrected chi connectivity index (χ1v) is 7.61. The smallest absolute Gasteiger partial charge is 0.239 e. The first-order valence-electron chi connectivity index (χ1n) is 7.08. The van der Waals surface area contributed by atoms with Crippen LogP contribution in [0.3, 0.4) is 0 Å². The van der Waals surface area contributed by atoms with Crippen molar-refractivity contribution in [2.45, 2.75) is 45.6 Å². The Morgan fingerprint density at radius 1 is 1.50 bits per heavy atom. The van der Waals surface area contributed by atoms with Crippen molar-refractivity contribution in [1.29, 1.82) is 0 Å². The van der Waals surface area contributed by atoms with Crippen LogP contribution in [-0.4, -0.2) is 35.8 Å². The van der Waals surface area contributed by atoms with E-state index < -0.39 is 0 Å². The summed E-state index contributed by atoms with van der Waals surface area (Å²) < 4.78 is 0. The molecule has 1 saturated heterocycles. The average Bonchev–Trinajstić information content (AvgIpc) is 2.95. The van der Waals surface area contributed by atoms with Gasteiger partial charge >= 0.3 is 0 Å². The number of halogens is 1. The molecule has 1 saturated carbocycles. The van der Waals surface area contributed by atoms with Gasteiger partial charge in [-0.3, -0.25) is 4.79 Å². The fourth-order valence-corrected chi connectivity index (χ4v) is 3.71. The molecule has 3 nitrogen and oxygen atoms in total. The van der Waals surface area contributed by atoms with E-state index in [9.17, 15) is 4.79 Å². The minimum Gasteiger partial charge on any atom is -0.341 e. The van der Waals surface area contributed by atoms with Crippen LogP contribution in [0.25, 0.3) is 0 Å². The molecule has 0 aromatic carbocycles. The molecule has 0 aromatic heterocycles. The van der Waals surface area contributed by atoms with E-state index in [0.717, 1.165) is 25.4 Å². The standard InChI is InChI=1S/C14H25ClN2O/c1-10(2)12(16)13(18)17-6-5-14(9-17)4-3-11(7-14)8-15/h10-12H,3-9,16H2,1-2H3/t11-,12+,14-/m1/s1. The van der Waals surface area contributed by atoms with Gasteiger partial charge in [-0.25, -0.2) is 0 Å². The lowest BCUT2D eigenvalue weighted by Crippen LogP contribution is -2.46. The second kappa shape index (κ2) is 5.38. The summed E-state index contributed by atoms with van der Waals surface area (Å²) in [6, 6.07) is -0.342. The van der Waals surface area contributed by atoms with E-state index >= 15 is 0 Å². The highest BCUT2D eigenvalue weighted by atomic mass is 35.5. The second-order valence-corrected chi connectivity index (χ2v) is 6.85. The van der Waals surface area contributed by atoms with Crippen LogP contribution >= 0.6 is 11.6 Å². The molecule has 1 amide bonds. The molecule has 18 heavy (non-hydrogen) atoms. The Morgan fingerprint density at radius 3 is 2.78 bits per heavy atom. The van der Waals surface area contributed by atoms with Gasteiger partial charge in [-0.1, -0.05) is 13.8 Å². The maximum Gasteiger partial charge on any atom is 0.239 e. The summed E-state index contributed by atoms with van der Waals surface area (Å²) in [5, 5.41) is 0. The Balaban J connectivity index is 1.94. The highest BCUT2D eigenvalue weighted by molar-refractivity contribution is 6.18. The summed E-state index contributed by atoms with van der Waals surface area (Å²) >= 11 is 5.96. The van der Waals surface area contributed by atoms with Gasteiger partial charge in [-0.15, -0.1) is 11.6 Å². The number of likely N-dealkylation sites (tertiary alicyclic amines) is 1. The molecule has 0 bridgehead atoms. The maximum atomic E-state index is 12.3. The number of rotatable bonds is 3. The predicted molar refractivity (Wildman–Crippen MR) is 74.5 cm³/mol.